The van der Waals surface area contributed by atoms with Crippen molar-refractivity contribution in [2.75, 3.05) is 0 Å². The Balaban J connectivity index is 1.88. The lowest BCUT2D eigenvalue weighted by Gasteiger charge is -2.09. The molecule has 1 N–H and O–H groups in total. The van der Waals surface area contributed by atoms with Gasteiger partial charge in [-0.3, -0.25) is 4.79 Å². The molecule has 2 aromatic rings. The molecule has 1 saturated carbocycles. The second kappa shape index (κ2) is 4.91. The molecule has 0 saturated heterocycles. The van der Waals surface area contributed by atoms with Gasteiger partial charge in [0, 0.05) is 17.5 Å². The van der Waals surface area contributed by atoms with Gasteiger partial charge in [0.1, 0.15) is 11.6 Å². The highest BCUT2D eigenvalue weighted by Crippen LogP contribution is 2.38. The van der Waals surface area contributed by atoms with E-state index in [0.717, 1.165) is 18.5 Å². The van der Waals surface area contributed by atoms with Gasteiger partial charge in [-0.2, -0.15) is 0 Å². The van der Waals surface area contributed by atoms with Gasteiger partial charge in [0.25, 0.3) is 5.56 Å². The minimum Gasteiger partial charge on any atom is -0.406 e. The lowest BCUT2D eigenvalue weighted by atomic mass is 10.2. The van der Waals surface area contributed by atoms with Crippen molar-refractivity contribution in [2.24, 2.45) is 0 Å². The van der Waals surface area contributed by atoms with Crippen LogP contribution in [0.5, 0.6) is 5.75 Å². The van der Waals surface area contributed by atoms with Gasteiger partial charge in [-0.05, 0) is 37.1 Å². The van der Waals surface area contributed by atoms with Crippen molar-refractivity contribution in [2.45, 2.75) is 25.1 Å². The van der Waals surface area contributed by atoms with Crippen LogP contribution >= 0.6 is 0 Å². The summed E-state index contributed by atoms with van der Waals surface area (Å²) in [7, 11) is 0. The third-order valence-corrected chi connectivity index (χ3v) is 3.12. The molecule has 0 unspecified atom stereocenters. The van der Waals surface area contributed by atoms with Crippen molar-refractivity contribution in [3.63, 3.8) is 0 Å². The molecule has 0 radical (unpaired) electrons. The first kappa shape index (κ1) is 13.7. The minimum atomic E-state index is -4.72. The van der Waals surface area contributed by atoms with Gasteiger partial charge in [-0.1, -0.05) is 0 Å². The first-order valence-corrected chi connectivity index (χ1v) is 6.38. The molecule has 7 heteroatoms. The van der Waals surface area contributed by atoms with Crippen LogP contribution in [0.1, 0.15) is 24.5 Å². The van der Waals surface area contributed by atoms with Gasteiger partial charge >= 0.3 is 6.36 Å². The van der Waals surface area contributed by atoms with Crippen LogP contribution in [0.2, 0.25) is 0 Å². The predicted octanol–water partition coefficient (Wildman–Crippen LogP) is 3.21. The van der Waals surface area contributed by atoms with E-state index in [1.54, 1.807) is 0 Å². The van der Waals surface area contributed by atoms with Crippen LogP contribution < -0.4 is 10.3 Å². The van der Waals surface area contributed by atoms with E-state index in [4.69, 9.17) is 0 Å². The average molecular weight is 296 g/mol. The van der Waals surface area contributed by atoms with Gasteiger partial charge in [0.15, 0.2) is 0 Å². The molecule has 0 atom stereocenters. The highest BCUT2D eigenvalue weighted by Gasteiger charge is 2.31. The maximum Gasteiger partial charge on any atom is 0.573 e. The summed E-state index contributed by atoms with van der Waals surface area (Å²) in [4.78, 5) is 18.5. The van der Waals surface area contributed by atoms with Crippen LogP contribution in [0.4, 0.5) is 13.2 Å². The van der Waals surface area contributed by atoms with Crippen molar-refractivity contribution < 1.29 is 17.9 Å². The van der Waals surface area contributed by atoms with E-state index < -0.39 is 6.36 Å². The molecule has 1 aromatic carbocycles. The first-order chi connectivity index (χ1) is 9.90. The molecule has 1 fully saturated rings. The fourth-order valence-electron chi connectivity index (χ4n) is 2.02. The molecule has 0 bridgehead atoms. The zero-order chi connectivity index (χ0) is 15.0. The fourth-order valence-corrected chi connectivity index (χ4v) is 2.02. The van der Waals surface area contributed by atoms with Crippen molar-refractivity contribution in [1.82, 2.24) is 9.97 Å². The molecule has 1 aliphatic carbocycles. The van der Waals surface area contributed by atoms with Crippen molar-refractivity contribution in [3.8, 4) is 17.1 Å². The van der Waals surface area contributed by atoms with Crippen molar-refractivity contribution >= 4 is 0 Å². The molecule has 0 aliphatic heterocycles. The van der Waals surface area contributed by atoms with Gasteiger partial charge in [-0.25, -0.2) is 4.98 Å². The van der Waals surface area contributed by atoms with Crippen LogP contribution in [0, 0.1) is 0 Å². The van der Waals surface area contributed by atoms with Crippen LogP contribution in [0.25, 0.3) is 11.4 Å². The summed E-state index contributed by atoms with van der Waals surface area (Å²) in [6, 6.07) is 6.69. The van der Waals surface area contributed by atoms with Crippen molar-refractivity contribution in [1.29, 1.82) is 0 Å². The van der Waals surface area contributed by atoms with Crippen LogP contribution in [-0.4, -0.2) is 16.3 Å². The Labute approximate surface area is 117 Å². The number of nitrogens with one attached hydrogen (secondary N) is 1. The SMILES string of the molecule is O=c1cc(C2CC2)nc(-c2ccc(OC(F)(F)F)cc2)[nH]1. The number of aromatic amines is 1. The van der Waals surface area contributed by atoms with E-state index in [0.29, 0.717) is 17.3 Å². The predicted molar refractivity (Wildman–Crippen MR) is 69.0 cm³/mol. The Bertz CT molecular complexity index is 703. The highest BCUT2D eigenvalue weighted by molar-refractivity contribution is 5.56. The molecule has 1 aliphatic rings. The molecule has 0 amide bonds. The Morgan fingerprint density at radius 3 is 2.43 bits per heavy atom. The zero-order valence-corrected chi connectivity index (χ0v) is 10.8. The number of hydrogen-bond donors (Lipinski definition) is 1. The summed E-state index contributed by atoms with van der Waals surface area (Å²) >= 11 is 0. The van der Waals surface area contributed by atoms with E-state index in [1.807, 2.05) is 0 Å². The molecular weight excluding hydrogens is 285 g/mol. The van der Waals surface area contributed by atoms with Crippen LogP contribution in [0.3, 0.4) is 0 Å². The summed E-state index contributed by atoms with van der Waals surface area (Å²) in [5, 5.41) is 0. The lowest BCUT2D eigenvalue weighted by molar-refractivity contribution is -0.274. The zero-order valence-electron chi connectivity index (χ0n) is 10.8. The van der Waals surface area contributed by atoms with E-state index in [2.05, 4.69) is 14.7 Å². The Hall–Kier alpha value is -2.31. The topological polar surface area (TPSA) is 55.0 Å². The van der Waals surface area contributed by atoms with Gasteiger partial charge < -0.3 is 9.72 Å². The maximum atomic E-state index is 12.1. The van der Waals surface area contributed by atoms with Gasteiger partial charge in [0.05, 0.1) is 5.69 Å². The molecule has 110 valence electrons. The largest absolute Gasteiger partial charge is 0.573 e. The number of H-pyrrole nitrogens is 1. The van der Waals surface area contributed by atoms with Gasteiger partial charge in [-0.15, -0.1) is 13.2 Å². The van der Waals surface area contributed by atoms with Gasteiger partial charge in [0.2, 0.25) is 0 Å². The number of alkyl halides is 3. The molecule has 3 rings (SSSR count). The summed E-state index contributed by atoms with van der Waals surface area (Å²) in [5.41, 5.74) is 0.992. The van der Waals surface area contributed by atoms with Crippen LogP contribution in [-0.2, 0) is 0 Å². The van der Waals surface area contributed by atoms with E-state index in [-0.39, 0.29) is 11.3 Å². The normalized spacial score (nSPS) is 15.0. The summed E-state index contributed by atoms with van der Waals surface area (Å²) in [6.07, 6.45) is -2.71. The average Bonchev–Trinajstić information content (AvgIpc) is 3.21. The Morgan fingerprint density at radius 1 is 1.19 bits per heavy atom. The molecule has 0 spiro atoms. The molecular formula is C14H11F3N2O2. The number of rotatable bonds is 3. The monoisotopic (exact) mass is 296 g/mol. The van der Waals surface area contributed by atoms with E-state index in [9.17, 15) is 18.0 Å². The standard InChI is InChI=1S/C14H11F3N2O2/c15-14(16,17)21-10-5-3-9(4-6-10)13-18-11(8-1-2-8)7-12(20)19-13/h3-8H,1-2H2,(H,18,19,20). The Kier molecular flexibility index (Phi) is 3.19. The number of halogens is 3. The fraction of sp³-hybridized carbons (Fsp3) is 0.286. The number of ether oxygens (including phenoxy) is 1. The molecule has 21 heavy (non-hydrogen) atoms. The highest BCUT2D eigenvalue weighted by atomic mass is 19.4. The smallest absolute Gasteiger partial charge is 0.406 e. The minimum absolute atomic E-state index is 0.266. The third kappa shape index (κ3) is 3.42. The summed E-state index contributed by atoms with van der Waals surface area (Å²) in [6.45, 7) is 0. The van der Waals surface area contributed by atoms with Crippen molar-refractivity contribution in [3.05, 3.63) is 46.4 Å². The maximum absolute atomic E-state index is 12.1. The molecule has 1 heterocycles. The van der Waals surface area contributed by atoms with E-state index >= 15 is 0 Å². The van der Waals surface area contributed by atoms with E-state index in [1.165, 1.54) is 30.3 Å². The third-order valence-electron chi connectivity index (χ3n) is 3.12. The number of hydrogen-bond acceptors (Lipinski definition) is 3. The number of aromatic nitrogens is 2. The summed E-state index contributed by atoms with van der Waals surface area (Å²) < 4.78 is 40.0. The summed E-state index contributed by atoms with van der Waals surface area (Å²) in [5.74, 6) is 0.355. The number of nitrogens with zero attached hydrogens (tertiary/aromatic N) is 1. The lowest BCUT2D eigenvalue weighted by Crippen LogP contribution is -2.17. The first-order valence-electron chi connectivity index (χ1n) is 6.38. The second-order valence-corrected chi connectivity index (χ2v) is 4.87. The number of benzene rings is 1. The van der Waals surface area contributed by atoms with Crippen LogP contribution in [0.15, 0.2) is 35.1 Å². The molecule has 4 nitrogen and oxygen atoms in total. The molecule has 1 aromatic heterocycles. The quantitative estimate of drug-likeness (QED) is 0.946. The second-order valence-electron chi connectivity index (χ2n) is 4.87. The Morgan fingerprint density at radius 2 is 1.86 bits per heavy atom.